The van der Waals surface area contributed by atoms with Gasteiger partial charge in [-0.3, -0.25) is 5.43 Å². The molecule has 128 valence electrons. The van der Waals surface area contributed by atoms with Gasteiger partial charge in [-0.25, -0.2) is 4.98 Å². The fourth-order valence-electron chi connectivity index (χ4n) is 2.16. The number of benzene rings is 2. The Labute approximate surface area is 154 Å². The van der Waals surface area contributed by atoms with E-state index in [1.54, 1.807) is 20.4 Å². The van der Waals surface area contributed by atoms with Crippen LogP contribution in [0.5, 0.6) is 11.5 Å². The van der Waals surface area contributed by atoms with Crippen LogP contribution in [0.3, 0.4) is 0 Å². The van der Waals surface area contributed by atoms with Gasteiger partial charge in [-0.15, -0.1) is 11.3 Å². The monoisotopic (exact) mass is 373 g/mol. The van der Waals surface area contributed by atoms with Gasteiger partial charge < -0.3 is 9.47 Å². The summed E-state index contributed by atoms with van der Waals surface area (Å²) in [6.07, 6.45) is 1.72. The van der Waals surface area contributed by atoms with Gasteiger partial charge in [-0.05, 0) is 35.9 Å². The average molecular weight is 374 g/mol. The van der Waals surface area contributed by atoms with Crippen molar-refractivity contribution in [3.8, 4) is 22.8 Å². The Morgan fingerprint density at radius 3 is 2.56 bits per heavy atom. The Balaban J connectivity index is 1.71. The maximum absolute atomic E-state index is 5.86. The van der Waals surface area contributed by atoms with Gasteiger partial charge in [0.1, 0.15) is 0 Å². The van der Waals surface area contributed by atoms with E-state index in [-0.39, 0.29) is 0 Å². The number of anilines is 1. The van der Waals surface area contributed by atoms with Crippen molar-refractivity contribution in [3.05, 3.63) is 58.4 Å². The number of hydrogen-bond donors (Lipinski definition) is 1. The summed E-state index contributed by atoms with van der Waals surface area (Å²) in [5.74, 6) is 1.36. The smallest absolute Gasteiger partial charge is 0.203 e. The van der Waals surface area contributed by atoms with Gasteiger partial charge >= 0.3 is 0 Å². The molecule has 0 fully saturated rings. The van der Waals surface area contributed by atoms with Crippen LogP contribution in [0.1, 0.15) is 5.56 Å². The molecule has 7 heteroatoms. The molecule has 3 rings (SSSR count). The molecule has 3 aromatic rings. The Morgan fingerprint density at radius 2 is 1.84 bits per heavy atom. The van der Waals surface area contributed by atoms with Crippen molar-refractivity contribution in [2.24, 2.45) is 5.10 Å². The van der Waals surface area contributed by atoms with E-state index in [4.69, 9.17) is 21.1 Å². The topological polar surface area (TPSA) is 55.7 Å². The van der Waals surface area contributed by atoms with Gasteiger partial charge in [0.15, 0.2) is 11.5 Å². The maximum Gasteiger partial charge on any atom is 0.203 e. The van der Waals surface area contributed by atoms with Crippen LogP contribution in [-0.2, 0) is 0 Å². The van der Waals surface area contributed by atoms with Gasteiger partial charge in [-0.1, -0.05) is 23.7 Å². The summed E-state index contributed by atoms with van der Waals surface area (Å²) in [5.41, 5.74) is 5.68. The Bertz CT molecular complexity index is 878. The largest absolute Gasteiger partial charge is 0.493 e. The van der Waals surface area contributed by atoms with Gasteiger partial charge in [0.2, 0.25) is 5.13 Å². The zero-order valence-electron chi connectivity index (χ0n) is 13.7. The van der Waals surface area contributed by atoms with Crippen LogP contribution in [0.15, 0.2) is 52.9 Å². The number of rotatable bonds is 6. The number of hydrogen-bond acceptors (Lipinski definition) is 6. The Morgan fingerprint density at radius 1 is 1.08 bits per heavy atom. The first kappa shape index (κ1) is 17.3. The summed E-state index contributed by atoms with van der Waals surface area (Å²) in [6, 6.07) is 13.1. The quantitative estimate of drug-likeness (QED) is 0.492. The first-order valence-electron chi connectivity index (χ1n) is 7.42. The Kier molecular flexibility index (Phi) is 5.53. The predicted molar refractivity (Wildman–Crippen MR) is 103 cm³/mol. The minimum atomic E-state index is 0.670. The lowest BCUT2D eigenvalue weighted by Crippen LogP contribution is -1.92. The third-order valence-corrected chi connectivity index (χ3v) is 4.43. The van der Waals surface area contributed by atoms with E-state index in [1.807, 2.05) is 47.8 Å². The molecule has 0 aliphatic carbocycles. The lowest BCUT2D eigenvalue weighted by atomic mass is 10.1. The predicted octanol–water partition coefficient (Wildman–Crippen LogP) is 4.93. The molecule has 0 amide bonds. The van der Waals surface area contributed by atoms with Crippen LogP contribution in [0.2, 0.25) is 5.02 Å². The van der Waals surface area contributed by atoms with E-state index >= 15 is 0 Å². The van der Waals surface area contributed by atoms with Gasteiger partial charge in [0, 0.05) is 16.0 Å². The maximum atomic E-state index is 5.86. The van der Waals surface area contributed by atoms with E-state index in [9.17, 15) is 0 Å². The highest BCUT2D eigenvalue weighted by Crippen LogP contribution is 2.33. The van der Waals surface area contributed by atoms with Crippen LogP contribution in [0, 0.1) is 0 Å². The third-order valence-electron chi connectivity index (χ3n) is 3.43. The van der Waals surface area contributed by atoms with Crippen molar-refractivity contribution in [3.63, 3.8) is 0 Å². The summed E-state index contributed by atoms with van der Waals surface area (Å²) < 4.78 is 10.6. The molecule has 1 heterocycles. The van der Waals surface area contributed by atoms with Crippen molar-refractivity contribution in [2.75, 3.05) is 19.6 Å². The van der Waals surface area contributed by atoms with E-state index in [0.717, 1.165) is 16.8 Å². The highest BCUT2D eigenvalue weighted by Gasteiger charge is 2.09. The number of nitrogens with one attached hydrogen (secondary N) is 1. The number of methoxy groups -OCH3 is 2. The minimum Gasteiger partial charge on any atom is -0.493 e. The molecule has 0 bridgehead atoms. The second kappa shape index (κ2) is 8.00. The lowest BCUT2D eigenvalue weighted by molar-refractivity contribution is 0.355. The van der Waals surface area contributed by atoms with Crippen molar-refractivity contribution < 1.29 is 9.47 Å². The minimum absolute atomic E-state index is 0.670. The summed E-state index contributed by atoms with van der Waals surface area (Å²) in [5, 5.41) is 7.56. The molecule has 0 unspecified atom stereocenters. The molecule has 0 saturated carbocycles. The van der Waals surface area contributed by atoms with Crippen molar-refractivity contribution in [2.45, 2.75) is 0 Å². The molecule has 5 nitrogen and oxygen atoms in total. The molecule has 0 atom stereocenters. The van der Waals surface area contributed by atoms with E-state index < -0.39 is 0 Å². The second-order valence-corrected chi connectivity index (χ2v) is 6.32. The van der Waals surface area contributed by atoms with Gasteiger partial charge in [-0.2, -0.15) is 5.10 Å². The molecular formula is C18H16ClN3O2S. The van der Waals surface area contributed by atoms with Crippen LogP contribution in [0.25, 0.3) is 11.3 Å². The van der Waals surface area contributed by atoms with E-state index in [1.165, 1.54) is 11.3 Å². The fourth-order valence-corrected chi connectivity index (χ4v) is 2.96. The van der Waals surface area contributed by atoms with E-state index in [0.29, 0.717) is 21.7 Å². The molecule has 1 aromatic heterocycles. The van der Waals surface area contributed by atoms with Crippen LogP contribution >= 0.6 is 22.9 Å². The highest BCUT2D eigenvalue weighted by molar-refractivity contribution is 7.14. The molecular weight excluding hydrogens is 358 g/mol. The Hall–Kier alpha value is -2.57. The summed E-state index contributed by atoms with van der Waals surface area (Å²) in [6.45, 7) is 0. The number of ether oxygens (including phenoxy) is 2. The van der Waals surface area contributed by atoms with Gasteiger partial charge in [0.25, 0.3) is 0 Å². The first-order valence-corrected chi connectivity index (χ1v) is 8.68. The average Bonchev–Trinajstić information content (AvgIpc) is 3.11. The zero-order chi connectivity index (χ0) is 17.6. The molecule has 0 aliphatic rings. The van der Waals surface area contributed by atoms with E-state index in [2.05, 4.69) is 15.5 Å². The van der Waals surface area contributed by atoms with Gasteiger partial charge in [0.05, 0.1) is 26.1 Å². The molecule has 0 aliphatic heterocycles. The van der Waals surface area contributed by atoms with Crippen LogP contribution in [-0.4, -0.2) is 25.4 Å². The third kappa shape index (κ3) is 4.29. The normalized spacial score (nSPS) is 10.8. The lowest BCUT2D eigenvalue weighted by Gasteiger charge is -2.08. The number of hydrazone groups is 1. The van der Waals surface area contributed by atoms with Crippen LogP contribution < -0.4 is 14.9 Å². The van der Waals surface area contributed by atoms with Crippen LogP contribution in [0.4, 0.5) is 5.13 Å². The van der Waals surface area contributed by atoms with Crippen molar-refractivity contribution in [1.29, 1.82) is 0 Å². The SMILES string of the molecule is COc1ccc(-c2csc(N/N=C/c3ccc(Cl)cc3)n2)cc1OC. The molecule has 0 spiro atoms. The van der Waals surface area contributed by atoms with Crippen molar-refractivity contribution >= 4 is 34.3 Å². The summed E-state index contributed by atoms with van der Waals surface area (Å²) >= 11 is 7.33. The summed E-state index contributed by atoms with van der Waals surface area (Å²) in [4.78, 5) is 4.53. The zero-order valence-corrected chi connectivity index (χ0v) is 15.3. The van der Waals surface area contributed by atoms with Crippen molar-refractivity contribution in [1.82, 2.24) is 4.98 Å². The molecule has 2 aromatic carbocycles. The molecule has 0 radical (unpaired) electrons. The standard InChI is InChI=1S/C18H16ClN3O2S/c1-23-16-8-5-13(9-17(16)24-2)15-11-25-18(21-15)22-20-10-12-3-6-14(19)7-4-12/h3-11H,1-2H3,(H,21,22)/b20-10+. The number of halogens is 1. The number of aromatic nitrogens is 1. The molecule has 0 saturated heterocycles. The molecule has 25 heavy (non-hydrogen) atoms. The summed E-state index contributed by atoms with van der Waals surface area (Å²) in [7, 11) is 3.22. The molecule has 1 N–H and O–H groups in total. The highest BCUT2D eigenvalue weighted by atomic mass is 35.5. The first-order chi connectivity index (χ1) is 12.2. The number of thiazole rings is 1. The second-order valence-electron chi connectivity index (χ2n) is 5.03. The fraction of sp³-hybridized carbons (Fsp3) is 0.111. The number of nitrogens with zero attached hydrogens (tertiary/aromatic N) is 2.